The highest BCUT2D eigenvalue weighted by Gasteiger charge is 2.05. The van der Waals surface area contributed by atoms with Crippen LogP contribution in [0.3, 0.4) is 0 Å². The first-order chi connectivity index (χ1) is 8.77. The van der Waals surface area contributed by atoms with Gasteiger partial charge in [-0.05, 0) is 29.9 Å². The maximum absolute atomic E-state index is 6.23. The van der Waals surface area contributed by atoms with Gasteiger partial charge in [-0.2, -0.15) is 0 Å². The Balaban J connectivity index is 2.30. The monoisotopic (exact) mass is 265 g/mol. The summed E-state index contributed by atoms with van der Waals surface area (Å²) in [6, 6.07) is 8.98. The van der Waals surface area contributed by atoms with Gasteiger partial charge in [0.1, 0.15) is 0 Å². The lowest BCUT2D eigenvalue weighted by Crippen LogP contribution is -2.09. The second kappa shape index (κ2) is 9.46. The Morgan fingerprint density at radius 2 is 1.67 bits per heavy atom. The average Bonchev–Trinajstić information content (AvgIpc) is 2.39. The molecule has 0 heterocycles. The van der Waals surface area contributed by atoms with Crippen LogP contribution in [0.1, 0.15) is 64.0 Å². The largest absolute Gasteiger partial charge is 0.324 e. The Morgan fingerprint density at radius 1 is 1.00 bits per heavy atom. The number of rotatable bonds is 9. The molecule has 1 unspecified atom stereocenters. The molecular weight excluding hydrogens is 238 g/mol. The molecule has 102 valence electrons. The molecule has 0 fully saturated rings. The maximum Gasteiger partial charge on any atom is 0.0294 e. The van der Waals surface area contributed by atoms with E-state index in [0.717, 1.165) is 12.2 Å². The van der Waals surface area contributed by atoms with Gasteiger partial charge in [-0.15, -0.1) is 11.8 Å². The van der Waals surface area contributed by atoms with E-state index >= 15 is 0 Å². The molecule has 0 bridgehead atoms. The third-order valence-electron chi connectivity index (χ3n) is 3.24. The lowest BCUT2D eigenvalue weighted by atomic mass is 10.0. The van der Waals surface area contributed by atoms with Crippen molar-refractivity contribution in [1.82, 2.24) is 0 Å². The quantitative estimate of drug-likeness (QED) is 0.493. The van der Waals surface area contributed by atoms with E-state index in [0.29, 0.717) is 0 Å². The molecule has 1 nitrogen and oxygen atoms in total. The van der Waals surface area contributed by atoms with Crippen LogP contribution in [0.15, 0.2) is 29.2 Å². The summed E-state index contributed by atoms with van der Waals surface area (Å²) in [4.78, 5) is 1.34. The minimum absolute atomic E-state index is 0.215. The van der Waals surface area contributed by atoms with Crippen molar-refractivity contribution in [2.75, 3.05) is 5.75 Å². The van der Waals surface area contributed by atoms with E-state index in [9.17, 15) is 0 Å². The molecule has 0 aliphatic rings. The fourth-order valence-corrected chi connectivity index (χ4v) is 2.77. The van der Waals surface area contributed by atoms with Crippen LogP contribution in [0.4, 0.5) is 0 Å². The molecule has 1 aromatic carbocycles. The summed E-state index contributed by atoms with van der Waals surface area (Å²) in [5.74, 6) is 1.13. The van der Waals surface area contributed by atoms with E-state index in [-0.39, 0.29) is 6.04 Å². The number of hydrogen-bond donors (Lipinski definition) is 1. The van der Waals surface area contributed by atoms with Gasteiger partial charge in [0, 0.05) is 10.9 Å². The highest BCUT2D eigenvalue weighted by molar-refractivity contribution is 7.99. The first kappa shape index (κ1) is 15.6. The summed E-state index contributed by atoms with van der Waals surface area (Å²) in [6.07, 6.45) is 7.72. The van der Waals surface area contributed by atoms with Crippen molar-refractivity contribution in [3.8, 4) is 0 Å². The fourth-order valence-electron chi connectivity index (χ4n) is 2.11. The third-order valence-corrected chi connectivity index (χ3v) is 4.13. The summed E-state index contributed by atoms with van der Waals surface area (Å²) in [5.41, 5.74) is 7.51. The summed E-state index contributed by atoms with van der Waals surface area (Å²) in [6.45, 7) is 4.43. The topological polar surface area (TPSA) is 26.0 Å². The number of thioether (sulfide) groups is 1. The molecule has 2 N–H and O–H groups in total. The number of hydrogen-bond acceptors (Lipinski definition) is 2. The van der Waals surface area contributed by atoms with Crippen molar-refractivity contribution in [2.45, 2.75) is 63.3 Å². The minimum atomic E-state index is 0.215. The Morgan fingerprint density at radius 3 is 2.28 bits per heavy atom. The molecule has 18 heavy (non-hydrogen) atoms. The summed E-state index contributed by atoms with van der Waals surface area (Å²) >= 11 is 1.88. The van der Waals surface area contributed by atoms with Gasteiger partial charge in [0.2, 0.25) is 0 Å². The Kier molecular flexibility index (Phi) is 8.19. The van der Waals surface area contributed by atoms with Crippen LogP contribution in [0.5, 0.6) is 0 Å². The third kappa shape index (κ3) is 5.92. The SMILES string of the molecule is CCCCCCCC(N)c1ccc(SCC)cc1. The molecule has 0 aromatic heterocycles. The van der Waals surface area contributed by atoms with Gasteiger partial charge in [0.15, 0.2) is 0 Å². The van der Waals surface area contributed by atoms with Crippen LogP contribution in [0.2, 0.25) is 0 Å². The average molecular weight is 265 g/mol. The summed E-state index contributed by atoms with van der Waals surface area (Å²) < 4.78 is 0. The van der Waals surface area contributed by atoms with E-state index in [2.05, 4.69) is 38.1 Å². The minimum Gasteiger partial charge on any atom is -0.324 e. The van der Waals surface area contributed by atoms with Gasteiger partial charge in [-0.25, -0.2) is 0 Å². The van der Waals surface area contributed by atoms with Crippen molar-refractivity contribution < 1.29 is 0 Å². The first-order valence-corrected chi connectivity index (χ1v) is 8.24. The van der Waals surface area contributed by atoms with E-state index in [1.54, 1.807) is 0 Å². The summed E-state index contributed by atoms with van der Waals surface area (Å²) in [7, 11) is 0. The Hall–Kier alpha value is -0.470. The van der Waals surface area contributed by atoms with Gasteiger partial charge < -0.3 is 5.73 Å². The molecule has 0 saturated carbocycles. The highest BCUT2D eigenvalue weighted by Crippen LogP contribution is 2.22. The molecule has 0 saturated heterocycles. The fraction of sp³-hybridized carbons (Fsp3) is 0.625. The molecule has 0 amide bonds. The predicted molar refractivity (Wildman–Crippen MR) is 83.1 cm³/mol. The van der Waals surface area contributed by atoms with Gasteiger partial charge in [-0.3, -0.25) is 0 Å². The lowest BCUT2D eigenvalue weighted by molar-refractivity contribution is 0.555. The van der Waals surface area contributed by atoms with E-state index in [1.165, 1.54) is 42.6 Å². The Labute approximate surface area is 117 Å². The second-order valence-corrected chi connectivity index (χ2v) is 6.15. The standard InChI is InChI=1S/C16H27NS/c1-3-5-6-7-8-9-16(17)14-10-12-15(13-11-14)18-4-2/h10-13,16H,3-9,17H2,1-2H3. The first-order valence-electron chi connectivity index (χ1n) is 7.26. The molecule has 1 atom stereocenters. The Bertz CT molecular complexity index is 307. The van der Waals surface area contributed by atoms with Crippen LogP contribution in [0, 0.1) is 0 Å². The van der Waals surface area contributed by atoms with Crippen LogP contribution >= 0.6 is 11.8 Å². The summed E-state index contributed by atoms with van der Waals surface area (Å²) in [5, 5.41) is 0. The molecule has 1 rings (SSSR count). The lowest BCUT2D eigenvalue weighted by Gasteiger charge is -2.12. The molecule has 0 radical (unpaired) electrons. The van der Waals surface area contributed by atoms with Crippen molar-refractivity contribution in [3.05, 3.63) is 29.8 Å². The van der Waals surface area contributed by atoms with E-state index < -0.39 is 0 Å². The zero-order valence-electron chi connectivity index (χ0n) is 11.8. The smallest absolute Gasteiger partial charge is 0.0294 e. The van der Waals surface area contributed by atoms with Gasteiger partial charge in [0.05, 0.1) is 0 Å². The number of unbranched alkanes of at least 4 members (excludes halogenated alkanes) is 4. The predicted octanol–water partition coefficient (Wildman–Crippen LogP) is 5.16. The normalized spacial score (nSPS) is 12.6. The van der Waals surface area contributed by atoms with Crippen LogP contribution < -0.4 is 5.73 Å². The van der Waals surface area contributed by atoms with Crippen LogP contribution in [0.25, 0.3) is 0 Å². The zero-order chi connectivity index (χ0) is 13.2. The number of benzene rings is 1. The van der Waals surface area contributed by atoms with Gasteiger partial charge in [0.25, 0.3) is 0 Å². The highest BCUT2D eigenvalue weighted by atomic mass is 32.2. The second-order valence-electron chi connectivity index (χ2n) is 4.81. The maximum atomic E-state index is 6.23. The van der Waals surface area contributed by atoms with Gasteiger partial charge in [-0.1, -0.05) is 58.1 Å². The van der Waals surface area contributed by atoms with Crippen molar-refractivity contribution in [2.24, 2.45) is 5.73 Å². The molecule has 1 aromatic rings. The van der Waals surface area contributed by atoms with Gasteiger partial charge >= 0.3 is 0 Å². The van der Waals surface area contributed by atoms with Crippen molar-refractivity contribution >= 4 is 11.8 Å². The molecule has 0 aliphatic carbocycles. The molecule has 2 heteroatoms. The molecular formula is C16H27NS. The zero-order valence-corrected chi connectivity index (χ0v) is 12.6. The molecule has 0 aliphatic heterocycles. The van der Waals surface area contributed by atoms with Crippen molar-refractivity contribution in [1.29, 1.82) is 0 Å². The van der Waals surface area contributed by atoms with E-state index in [1.807, 2.05) is 11.8 Å². The number of nitrogens with two attached hydrogens (primary N) is 1. The van der Waals surface area contributed by atoms with Crippen LogP contribution in [-0.4, -0.2) is 5.75 Å². The van der Waals surface area contributed by atoms with Crippen molar-refractivity contribution in [3.63, 3.8) is 0 Å². The van der Waals surface area contributed by atoms with E-state index in [4.69, 9.17) is 5.73 Å². The molecule has 0 spiro atoms. The van der Waals surface area contributed by atoms with Crippen LogP contribution in [-0.2, 0) is 0 Å².